The monoisotopic (exact) mass is 599 g/mol. The molecule has 3 unspecified atom stereocenters. The third-order valence-corrected chi connectivity index (χ3v) is 8.26. The minimum absolute atomic E-state index is 0.0736. The van der Waals surface area contributed by atoms with Crippen molar-refractivity contribution in [1.29, 1.82) is 0 Å². The Morgan fingerprint density at radius 3 is 2.32 bits per heavy atom. The first kappa shape index (κ1) is 30.6. The van der Waals surface area contributed by atoms with Gasteiger partial charge < -0.3 is 26.0 Å². The van der Waals surface area contributed by atoms with E-state index in [1.54, 1.807) is 47.2 Å². The summed E-state index contributed by atoms with van der Waals surface area (Å²) in [5, 5.41) is -0.864. The summed E-state index contributed by atoms with van der Waals surface area (Å²) in [7, 11) is 1.76. The SMILES string of the molecule is CN(C(=O)CN(CC(N)=O)C1=CC(Cl)C(Cl)C=C1)C(CN1CCOCC1)c1ccc(-c2ccccc2C(N)=O)cc1. The van der Waals surface area contributed by atoms with Crippen LogP contribution in [0.1, 0.15) is 22.0 Å². The molecule has 0 bridgehead atoms. The number of ether oxygens (including phenoxy) is 1. The first-order valence-corrected chi connectivity index (χ1v) is 14.3. The van der Waals surface area contributed by atoms with Gasteiger partial charge in [-0.15, -0.1) is 23.2 Å². The Labute approximate surface area is 250 Å². The number of halogens is 2. The fourth-order valence-corrected chi connectivity index (χ4v) is 5.37. The van der Waals surface area contributed by atoms with Gasteiger partial charge >= 0.3 is 0 Å². The molecular formula is C30H35Cl2N5O4. The summed E-state index contributed by atoms with van der Waals surface area (Å²) in [6.45, 7) is 3.14. The quantitative estimate of drug-likeness (QED) is 0.383. The molecule has 4 N–H and O–H groups in total. The van der Waals surface area contributed by atoms with Gasteiger partial charge in [0, 0.05) is 37.9 Å². The molecule has 0 aromatic heterocycles. The van der Waals surface area contributed by atoms with Gasteiger partial charge in [0.05, 0.1) is 43.1 Å². The predicted octanol–water partition coefficient (Wildman–Crippen LogP) is 2.74. The number of hydrogen-bond donors (Lipinski definition) is 2. The molecule has 2 aliphatic rings. The number of amides is 3. The number of alkyl halides is 2. The standard InChI is InChI=1S/C30H35Cl2N5O4/c1-35(29(39)19-37(18-28(33)38)22-10-11-25(31)26(32)16-22)27(17-36-12-14-41-15-13-36)21-8-6-20(7-9-21)23-4-2-3-5-24(23)30(34)40/h2-11,16,25-27H,12-15,17-19H2,1H3,(H2,33,38)(H2,34,40). The van der Waals surface area contributed by atoms with Crippen molar-refractivity contribution in [3.8, 4) is 11.1 Å². The van der Waals surface area contributed by atoms with E-state index in [2.05, 4.69) is 4.90 Å². The number of hydrogen-bond acceptors (Lipinski definition) is 6. The molecule has 1 fully saturated rings. The number of morpholine rings is 1. The first-order chi connectivity index (χ1) is 19.6. The second-order valence-electron chi connectivity index (χ2n) is 10.1. The van der Waals surface area contributed by atoms with Crippen molar-refractivity contribution in [2.75, 3.05) is 53.0 Å². The van der Waals surface area contributed by atoms with Crippen molar-refractivity contribution in [3.05, 3.63) is 83.6 Å². The van der Waals surface area contributed by atoms with Crippen LogP contribution in [0.25, 0.3) is 11.1 Å². The van der Waals surface area contributed by atoms with E-state index in [9.17, 15) is 14.4 Å². The number of rotatable bonds is 11. The third-order valence-electron chi connectivity index (χ3n) is 7.32. The van der Waals surface area contributed by atoms with Gasteiger partial charge in [0.15, 0.2) is 0 Å². The number of allylic oxidation sites excluding steroid dienone is 3. The third kappa shape index (κ3) is 7.89. The van der Waals surface area contributed by atoms with Crippen molar-refractivity contribution < 1.29 is 19.1 Å². The molecule has 1 aliphatic carbocycles. The molecule has 3 amide bonds. The Hall–Kier alpha value is -3.37. The van der Waals surface area contributed by atoms with E-state index in [0.717, 1.165) is 29.8 Å². The number of likely N-dealkylation sites (N-methyl/N-ethyl adjacent to an activating group) is 1. The molecule has 218 valence electrons. The molecule has 11 heteroatoms. The van der Waals surface area contributed by atoms with E-state index in [-0.39, 0.29) is 30.4 Å². The molecule has 3 atom stereocenters. The number of carbonyl (C=O) groups is 3. The first-order valence-electron chi connectivity index (χ1n) is 13.4. The van der Waals surface area contributed by atoms with E-state index in [1.165, 1.54) is 0 Å². The Morgan fingerprint density at radius 2 is 1.68 bits per heavy atom. The Balaban J connectivity index is 1.59. The molecule has 1 heterocycles. The lowest BCUT2D eigenvalue weighted by atomic mass is 9.96. The highest BCUT2D eigenvalue weighted by molar-refractivity contribution is 6.31. The molecule has 1 aliphatic heterocycles. The summed E-state index contributed by atoms with van der Waals surface area (Å²) >= 11 is 12.5. The summed E-state index contributed by atoms with van der Waals surface area (Å²) in [6.07, 6.45) is 5.21. The van der Waals surface area contributed by atoms with E-state index in [1.807, 2.05) is 36.4 Å². The van der Waals surface area contributed by atoms with Crippen LogP contribution < -0.4 is 11.5 Å². The topological polar surface area (TPSA) is 122 Å². The lowest BCUT2D eigenvalue weighted by molar-refractivity contribution is -0.133. The summed E-state index contributed by atoms with van der Waals surface area (Å²) in [5.74, 6) is -1.25. The molecule has 9 nitrogen and oxygen atoms in total. The molecule has 41 heavy (non-hydrogen) atoms. The molecular weight excluding hydrogens is 565 g/mol. The maximum Gasteiger partial charge on any atom is 0.249 e. The molecule has 0 radical (unpaired) electrons. The average Bonchev–Trinajstić information content (AvgIpc) is 2.97. The van der Waals surface area contributed by atoms with E-state index in [4.69, 9.17) is 39.4 Å². The molecule has 0 spiro atoms. The Kier molecular flexibility index (Phi) is 10.4. The maximum absolute atomic E-state index is 13.7. The van der Waals surface area contributed by atoms with Gasteiger partial charge in [-0.3, -0.25) is 19.3 Å². The zero-order chi connectivity index (χ0) is 29.5. The highest BCUT2D eigenvalue weighted by Crippen LogP contribution is 2.29. The summed E-state index contributed by atoms with van der Waals surface area (Å²) < 4.78 is 5.52. The van der Waals surface area contributed by atoms with Crippen LogP contribution in [0, 0.1) is 0 Å². The zero-order valence-electron chi connectivity index (χ0n) is 22.9. The number of nitrogens with zero attached hydrogens (tertiary/aromatic N) is 3. The van der Waals surface area contributed by atoms with Gasteiger partial charge in [-0.1, -0.05) is 48.5 Å². The van der Waals surface area contributed by atoms with Crippen molar-refractivity contribution in [2.45, 2.75) is 16.8 Å². The van der Waals surface area contributed by atoms with E-state index < -0.39 is 17.2 Å². The average molecular weight is 601 g/mol. The molecule has 2 aromatic rings. The zero-order valence-corrected chi connectivity index (χ0v) is 24.4. The minimum atomic E-state index is -0.564. The number of benzene rings is 2. The minimum Gasteiger partial charge on any atom is -0.379 e. The van der Waals surface area contributed by atoms with Crippen molar-refractivity contribution in [1.82, 2.24) is 14.7 Å². The van der Waals surface area contributed by atoms with Crippen LogP contribution in [0.5, 0.6) is 0 Å². The van der Waals surface area contributed by atoms with E-state index in [0.29, 0.717) is 31.0 Å². The van der Waals surface area contributed by atoms with Gasteiger partial charge in [0.2, 0.25) is 17.7 Å². The largest absolute Gasteiger partial charge is 0.379 e. The second-order valence-corrected chi connectivity index (χ2v) is 11.1. The summed E-state index contributed by atoms with van der Waals surface area (Å²) in [6, 6.07) is 14.7. The van der Waals surface area contributed by atoms with Crippen molar-refractivity contribution in [3.63, 3.8) is 0 Å². The van der Waals surface area contributed by atoms with Crippen LogP contribution in [0.4, 0.5) is 0 Å². The smallest absolute Gasteiger partial charge is 0.249 e. The normalized spacial score (nSPS) is 19.7. The van der Waals surface area contributed by atoms with E-state index >= 15 is 0 Å². The van der Waals surface area contributed by atoms with Crippen molar-refractivity contribution >= 4 is 40.9 Å². The van der Waals surface area contributed by atoms with Gasteiger partial charge in [-0.05, 0) is 34.9 Å². The fraction of sp³-hybridized carbons (Fsp3) is 0.367. The maximum atomic E-state index is 13.7. The van der Waals surface area contributed by atoms with Crippen LogP contribution in [0.15, 0.2) is 72.5 Å². The number of nitrogens with two attached hydrogens (primary N) is 2. The number of primary amides is 2. The van der Waals surface area contributed by atoms with Gasteiger partial charge in [-0.25, -0.2) is 0 Å². The summed E-state index contributed by atoms with van der Waals surface area (Å²) in [5.41, 5.74) is 14.7. The predicted molar refractivity (Wildman–Crippen MR) is 160 cm³/mol. The Morgan fingerprint density at radius 1 is 1.00 bits per heavy atom. The van der Waals surface area contributed by atoms with Gasteiger partial charge in [-0.2, -0.15) is 0 Å². The highest BCUT2D eigenvalue weighted by Gasteiger charge is 2.28. The van der Waals surface area contributed by atoms with Gasteiger partial charge in [0.1, 0.15) is 0 Å². The highest BCUT2D eigenvalue weighted by atomic mass is 35.5. The van der Waals surface area contributed by atoms with Crippen LogP contribution in [-0.4, -0.2) is 96.2 Å². The van der Waals surface area contributed by atoms with Crippen LogP contribution in [0.2, 0.25) is 0 Å². The lowest BCUT2D eigenvalue weighted by Gasteiger charge is -2.36. The molecule has 2 aromatic carbocycles. The van der Waals surface area contributed by atoms with Crippen LogP contribution in [0.3, 0.4) is 0 Å². The summed E-state index contributed by atoms with van der Waals surface area (Å²) in [4.78, 5) is 43.1. The molecule has 0 saturated carbocycles. The lowest BCUT2D eigenvalue weighted by Crippen LogP contribution is -2.47. The van der Waals surface area contributed by atoms with Gasteiger partial charge in [0.25, 0.3) is 0 Å². The molecule has 1 saturated heterocycles. The Bertz CT molecular complexity index is 1310. The van der Waals surface area contributed by atoms with Crippen LogP contribution in [-0.2, 0) is 14.3 Å². The number of carbonyl (C=O) groups excluding carboxylic acids is 3. The van der Waals surface area contributed by atoms with Crippen molar-refractivity contribution in [2.24, 2.45) is 11.5 Å². The molecule has 4 rings (SSSR count). The fourth-order valence-electron chi connectivity index (χ4n) is 5.01. The second kappa shape index (κ2) is 14.0. The van der Waals surface area contributed by atoms with Crippen LogP contribution >= 0.6 is 23.2 Å².